The number of aliphatic hydroxyl groups is 1. The lowest BCUT2D eigenvalue weighted by Crippen LogP contribution is -2.46. The van der Waals surface area contributed by atoms with Gasteiger partial charge in [0.15, 0.2) is 0 Å². The predicted molar refractivity (Wildman–Crippen MR) is 69.2 cm³/mol. The molecule has 0 atom stereocenters. The maximum Gasteiger partial charge on any atom is 0.244 e. The van der Waals surface area contributed by atoms with Crippen LogP contribution in [-0.2, 0) is 4.79 Å². The number of ether oxygens (including phenoxy) is 1. The maximum atomic E-state index is 11.6. The van der Waals surface area contributed by atoms with Gasteiger partial charge in [0.05, 0.1) is 13.2 Å². The van der Waals surface area contributed by atoms with Crippen LogP contribution in [0.1, 0.15) is 18.4 Å². The molecule has 0 spiro atoms. The van der Waals surface area contributed by atoms with Crippen molar-refractivity contribution < 1.29 is 14.6 Å². The second-order valence-electron chi connectivity index (χ2n) is 4.44. The molecule has 18 heavy (non-hydrogen) atoms. The quantitative estimate of drug-likeness (QED) is 0.790. The molecule has 0 saturated heterocycles. The summed E-state index contributed by atoms with van der Waals surface area (Å²) in [7, 11) is 1.61. The summed E-state index contributed by atoms with van der Waals surface area (Å²) in [4.78, 5) is 11.6. The van der Waals surface area contributed by atoms with E-state index in [9.17, 15) is 4.79 Å². The van der Waals surface area contributed by atoms with E-state index in [0.717, 1.165) is 11.3 Å². The van der Waals surface area contributed by atoms with E-state index in [4.69, 9.17) is 9.84 Å². The molecule has 4 heteroatoms. The van der Waals surface area contributed by atoms with Gasteiger partial charge in [0, 0.05) is 12.1 Å². The number of carbonyl (C=O) groups is 1. The van der Waals surface area contributed by atoms with Crippen molar-refractivity contribution >= 4 is 12.0 Å². The third-order valence-electron chi connectivity index (χ3n) is 2.98. The fraction of sp³-hybridized carbons (Fsp3) is 0.357. The van der Waals surface area contributed by atoms with Gasteiger partial charge >= 0.3 is 0 Å². The molecular weight excluding hydrogens is 230 g/mol. The molecule has 96 valence electrons. The minimum atomic E-state index is -0.252. The molecule has 1 aliphatic carbocycles. The number of carbonyl (C=O) groups excluding carboxylic acids is 1. The van der Waals surface area contributed by atoms with Crippen LogP contribution in [0.25, 0.3) is 6.08 Å². The number of nitrogens with one attached hydrogen (secondary N) is 1. The van der Waals surface area contributed by atoms with Crippen LogP contribution in [0.3, 0.4) is 0 Å². The first kappa shape index (κ1) is 12.6. The van der Waals surface area contributed by atoms with Crippen LogP contribution in [0, 0.1) is 0 Å². The van der Waals surface area contributed by atoms with Crippen molar-refractivity contribution in [3.63, 3.8) is 0 Å². The summed E-state index contributed by atoms with van der Waals surface area (Å²) in [5.41, 5.74) is 0.915. The zero-order chi connectivity index (χ0) is 13.0. The average molecular weight is 247 g/mol. The van der Waals surface area contributed by atoms with Gasteiger partial charge in [-0.15, -0.1) is 0 Å². The molecule has 4 nitrogen and oxygen atoms in total. The molecule has 1 fully saturated rings. The molecule has 0 radical (unpaired) electrons. The smallest absolute Gasteiger partial charge is 0.244 e. The first-order valence-electron chi connectivity index (χ1n) is 5.98. The Bertz CT molecular complexity index is 450. The zero-order valence-corrected chi connectivity index (χ0v) is 10.3. The van der Waals surface area contributed by atoms with Crippen LogP contribution in [-0.4, -0.2) is 30.3 Å². The third kappa shape index (κ3) is 3.34. The number of rotatable bonds is 4. The van der Waals surface area contributed by atoms with Crippen LogP contribution in [0.5, 0.6) is 5.75 Å². The number of benzene rings is 1. The summed E-state index contributed by atoms with van der Waals surface area (Å²) in [5, 5.41) is 11.9. The Morgan fingerprint density at radius 1 is 1.50 bits per heavy atom. The Hall–Kier alpha value is -1.81. The van der Waals surface area contributed by atoms with E-state index in [2.05, 4.69) is 5.32 Å². The van der Waals surface area contributed by atoms with E-state index in [0.29, 0.717) is 12.8 Å². The lowest BCUT2D eigenvalue weighted by molar-refractivity contribution is -0.118. The summed E-state index contributed by atoms with van der Waals surface area (Å²) >= 11 is 0. The molecule has 0 heterocycles. The van der Waals surface area contributed by atoms with Gasteiger partial charge in [0.1, 0.15) is 5.75 Å². The molecule has 0 aliphatic heterocycles. The van der Waals surface area contributed by atoms with E-state index >= 15 is 0 Å². The molecule has 1 aliphatic rings. The standard InChI is InChI=1S/C14H17NO3/c1-18-13-4-2-3-10(7-13)5-6-14(17)15-11-8-12(16)9-11/h2-7,11-12,16H,8-9H2,1H3,(H,15,17). The highest BCUT2D eigenvalue weighted by Gasteiger charge is 2.27. The van der Waals surface area contributed by atoms with Crippen molar-refractivity contribution in [2.24, 2.45) is 0 Å². The maximum absolute atomic E-state index is 11.6. The monoisotopic (exact) mass is 247 g/mol. The summed E-state index contributed by atoms with van der Waals surface area (Å²) in [6.07, 6.45) is 4.29. The minimum absolute atomic E-state index is 0.113. The van der Waals surface area contributed by atoms with E-state index in [1.165, 1.54) is 6.08 Å². The van der Waals surface area contributed by atoms with Crippen molar-refractivity contribution in [3.8, 4) is 5.75 Å². The van der Waals surface area contributed by atoms with Gasteiger partial charge in [0.25, 0.3) is 0 Å². The molecule has 1 saturated carbocycles. The van der Waals surface area contributed by atoms with Crippen LogP contribution >= 0.6 is 0 Å². The largest absolute Gasteiger partial charge is 0.497 e. The number of hydrogen-bond donors (Lipinski definition) is 2. The van der Waals surface area contributed by atoms with Gasteiger partial charge in [-0.1, -0.05) is 12.1 Å². The molecular formula is C14H17NO3. The third-order valence-corrected chi connectivity index (χ3v) is 2.98. The molecule has 2 N–H and O–H groups in total. The second kappa shape index (κ2) is 5.69. The Morgan fingerprint density at radius 2 is 2.28 bits per heavy atom. The fourth-order valence-electron chi connectivity index (χ4n) is 1.87. The molecule has 1 amide bonds. The summed E-state index contributed by atoms with van der Waals surface area (Å²) in [6.45, 7) is 0. The van der Waals surface area contributed by atoms with Gasteiger partial charge in [0.2, 0.25) is 5.91 Å². The molecule has 0 aromatic heterocycles. The van der Waals surface area contributed by atoms with Crippen molar-refractivity contribution in [2.75, 3.05) is 7.11 Å². The van der Waals surface area contributed by atoms with Gasteiger partial charge in [-0.3, -0.25) is 4.79 Å². The summed E-state index contributed by atoms with van der Waals surface area (Å²) in [6, 6.07) is 7.60. The first-order chi connectivity index (χ1) is 8.67. The van der Waals surface area contributed by atoms with Gasteiger partial charge in [-0.2, -0.15) is 0 Å². The highest BCUT2D eigenvalue weighted by molar-refractivity contribution is 5.92. The van der Waals surface area contributed by atoms with Crippen molar-refractivity contribution in [1.82, 2.24) is 5.32 Å². The Kier molecular flexibility index (Phi) is 3.99. The number of methoxy groups -OCH3 is 1. The normalized spacial score (nSPS) is 22.6. The van der Waals surface area contributed by atoms with Crippen LogP contribution in [0.4, 0.5) is 0 Å². The van der Waals surface area contributed by atoms with E-state index < -0.39 is 0 Å². The Morgan fingerprint density at radius 3 is 2.94 bits per heavy atom. The first-order valence-corrected chi connectivity index (χ1v) is 5.98. The van der Waals surface area contributed by atoms with Crippen LogP contribution < -0.4 is 10.1 Å². The second-order valence-corrected chi connectivity index (χ2v) is 4.44. The molecule has 0 unspecified atom stereocenters. The molecule has 0 bridgehead atoms. The lowest BCUT2D eigenvalue weighted by atomic mass is 9.89. The number of amides is 1. The highest BCUT2D eigenvalue weighted by atomic mass is 16.5. The summed E-state index contributed by atoms with van der Waals surface area (Å²) < 4.78 is 5.10. The average Bonchev–Trinajstić information content (AvgIpc) is 2.35. The van der Waals surface area contributed by atoms with Gasteiger partial charge in [-0.25, -0.2) is 0 Å². The topological polar surface area (TPSA) is 58.6 Å². The van der Waals surface area contributed by atoms with E-state index in [1.54, 1.807) is 13.2 Å². The number of hydrogen-bond acceptors (Lipinski definition) is 3. The summed E-state index contributed by atoms with van der Waals surface area (Å²) in [5.74, 6) is 0.634. The van der Waals surface area contributed by atoms with E-state index in [1.807, 2.05) is 24.3 Å². The minimum Gasteiger partial charge on any atom is -0.497 e. The highest BCUT2D eigenvalue weighted by Crippen LogP contribution is 2.19. The van der Waals surface area contributed by atoms with Gasteiger partial charge < -0.3 is 15.2 Å². The SMILES string of the molecule is COc1cccc(C=CC(=O)NC2CC(O)C2)c1. The van der Waals surface area contributed by atoms with Crippen LogP contribution in [0.2, 0.25) is 0 Å². The predicted octanol–water partition coefficient (Wildman–Crippen LogP) is 1.35. The fourth-order valence-corrected chi connectivity index (χ4v) is 1.87. The lowest BCUT2D eigenvalue weighted by Gasteiger charge is -2.31. The molecule has 1 aromatic carbocycles. The van der Waals surface area contributed by atoms with Crippen molar-refractivity contribution in [3.05, 3.63) is 35.9 Å². The Balaban J connectivity index is 1.87. The zero-order valence-electron chi connectivity index (χ0n) is 10.3. The number of aliphatic hydroxyl groups excluding tert-OH is 1. The van der Waals surface area contributed by atoms with Crippen molar-refractivity contribution in [1.29, 1.82) is 0 Å². The molecule has 2 rings (SSSR count). The van der Waals surface area contributed by atoms with Crippen LogP contribution in [0.15, 0.2) is 30.3 Å². The molecule has 1 aromatic rings. The van der Waals surface area contributed by atoms with Crippen molar-refractivity contribution in [2.45, 2.75) is 25.0 Å². The van der Waals surface area contributed by atoms with E-state index in [-0.39, 0.29) is 18.1 Å². The van der Waals surface area contributed by atoms with Gasteiger partial charge in [-0.05, 0) is 36.6 Å². The Labute approximate surface area is 106 Å².